The highest BCUT2D eigenvalue weighted by atomic mass is 31.2. The largest absolute Gasteiger partial charge is 0.532 e. The Bertz CT molecular complexity index is 298. The summed E-state index contributed by atoms with van der Waals surface area (Å²) < 4.78 is 25.7. The molecule has 1 unspecified atom stereocenters. The van der Waals surface area contributed by atoms with E-state index in [2.05, 4.69) is 4.62 Å². The van der Waals surface area contributed by atoms with Crippen LogP contribution in [0.5, 0.6) is 0 Å². The molecule has 1 aliphatic carbocycles. The van der Waals surface area contributed by atoms with Crippen molar-refractivity contribution in [3.8, 4) is 0 Å². The zero-order chi connectivity index (χ0) is 10.6. The highest BCUT2D eigenvalue weighted by Crippen LogP contribution is 2.41. The van der Waals surface area contributed by atoms with Crippen LogP contribution in [0.15, 0.2) is 11.6 Å². The predicted octanol–water partition coefficient (Wildman–Crippen LogP) is 1.60. The summed E-state index contributed by atoms with van der Waals surface area (Å²) in [5, 5.41) is 0. The summed E-state index contributed by atoms with van der Waals surface area (Å²) in [6.07, 6.45) is 4.97. The maximum atomic E-state index is 12.0. The molecule has 14 heavy (non-hydrogen) atoms. The molecule has 0 aliphatic heterocycles. The molecule has 0 saturated carbocycles. The average Bonchev–Trinajstić information content (AvgIpc) is 2.14. The summed E-state index contributed by atoms with van der Waals surface area (Å²) in [5.74, 6) is -0.656. The summed E-state index contributed by atoms with van der Waals surface area (Å²) in [7, 11) is -5.13. The monoisotopic (exact) mass is 223 g/mol. The minimum Gasteiger partial charge on any atom is -0.298 e. The molecule has 0 spiro atoms. The zero-order valence-electron chi connectivity index (χ0n) is 7.40. The molecule has 1 aliphatic rings. The normalized spacial score (nSPS) is 20.9. The van der Waals surface area contributed by atoms with Gasteiger partial charge in [-0.15, -0.1) is 4.20 Å². The van der Waals surface area contributed by atoms with Crippen LogP contribution in [-0.2, 0) is 14.0 Å². The maximum absolute atomic E-state index is 12.0. The fraction of sp³-hybridized carbons (Fsp3) is 0.571. The van der Waals surface area contributed by atoms with Gasteiger partial charge in [-0.05, 0) is 25.7 Å². The van der Waals surface area contributed by atoms with E-state index in [9.17, 15) is 13.6 Å². The van der Waals surface area contributed by atoms with Gasteiger partial charge in [0.2, 0.25) is 0 Å². The minimum absolute atomic E-state index is 0.463. The molecule has 0 aromatic carbocycles. The van der Waals surface area contributed by atoms with Gasteiger partial charge < -0.3 is 0 Å². The summed E-state index contributed by atoms with van der Waals surface area (Å²) >= 11 is 0. The number of hydrogen-bond acceptors (Lipinski definition) is 3. The van der Waals surface area contributed by atoms with Crippen LogP contribution in [0.1, 0.15) is 25.7 Å². The van der Waals surface area contributed by atoms with Crippen LogP contribution in [0.4, 0.5) is 4.20 Å². The van der Waals surface area contributed by atoms with E-state index in [1.807, 2.05) is 0 Å². The quantitative estimate of drug-likeness (QED) is 0.562. The van der Waals surface area contributed by atoms with Gasteiger partial charge in [0, 0.05) is 5.57 Å². The van der Waals surface area contributed by atoms with Crippen molar-refractivity contribution in [3.05, 3.63) is 11.6 Å². The Balaban J connectivity index is 2.42. The van der Waals surface area contributed by atoms with Gasteiger partial charge in [-0.25, -0.2) is 10.0 Å². The topological polar surface area (TPSA) is 75.6 Å². The maximum Gasteiger partial charge on any atom is 0.532 e. The molecule has 0 saturated heterocycles. The summed E-state index contributed by atoms with van der Waals surface area (Å²) in [5.41, 5.74) is 2.06. The van der Waals surface area contributed by atoms with Gasteiger partial charge in [0.05, 0.1) is 0 Å². The lowest BCUT2D eigenvalue weighted by Crippen LogP contribution is -2.24. The fourth-order valence-corrected chi connectivity index (χ4v) is 1.40. The van der Waals surface area contributed by atoms with E-state index in [1.54, 1.807) is 11.6 Å². The molecule has 7 heteroatoms. The summed E-state index contributed by atoms with van der Waals surface area (Å²) in [6, 6.07) is 0. The third-order valence-corrected chi connectivity index (χ3v) is 2.15. The second kappa shape index (κ2) is 4.68. The molecule has 5 nitrogen and oxygen atoms in total. The number of carbonyl (C=O) groups excluding carboxylic acids is 1. The fourth-order valence-electron chi connectivity index (χ4n) is 1.21. The Morgan fingerprint density at radius 1 is 1.64 bits per heavy atom. The van der Waals surface area contributed by atoms with Crippen molar-refractivity contribution < 1.29 is 23.1 Å². The van der Waals surface area contributed by atoms with Gasteiger partial charge in [-0.1, -0.05) is 6.08 Å². The Hall–Kier alpha value is -0.710. The number of nitrogens with one attached hydrogen (secondary N) is 1. The van der Waals surface area contributed by atoms with Crippen molar-refractivity contribution in [1.29, 1.82) is 0 Å². The lowest BCUT2D eigenvalue weighted by molar-refractivity contribution is -0.124. The van der Waals surface area contributed by atoms with E-state index in [1.165, 1.54) is 0 Å². The van der Waals surface area contributed by atoms with Crippen LogP contribution < -0.4 is 5.48 Å². The third kappa shape index (κ3) is 4.00. The Morgan fingerprint density at radius 3 is 2.86 bits per heavy atom. The van der Waals surface area contributed by atoms with Crippen LogP contribution in [-0.4, -0.2) is 10.8 Å². The molecule has 80 valence electrons. The van der Waals surface area contributed by atoms with Crippen molar-refractivity contribution in [2.24, 2.45) is 0 Å². The molecule has 0 aromatic heterocycles. The Kier molecular flexibility index (Phi) is 3.80. The molecule has 2 N–H and O–H groups in total. The number of amides is 1. The van der Waals surface area contributed by atoms with E-state index >= 15 is 0 Å². The van der Waals surface area contributed by atoms with Crippen LogP contribution in [0, 0.1) is 0 Å². The van der Waals surface area contributed by atoms with Crippen molar-refractivity contribution in [1.82, 2.24) is 5.48 Å². The molecule has 1 rings (SSSR count). The second-order valence-corrected chi connectivity index (χ2v) is 4.03. The second-order valence-electron chi connectivity index (χ2n) is 2.95. The molecule has 0 bridgehead atoms. The lowest BCUT2D eigenvalue weighted by Gasteiger charge is -2.11. The molecule has 1 amide bonds. The smallest absolute Gasteiger partial charge is 0.298 e. The first-order chi connectivity index (χ1) is 6.49. The van der Waals surface area contributed by atoms with Crippen molar-refractivity contribution >= 4 is 13.8 Å². The average molecular weight is 223 g/mol. The standard InChI is InChI=1S/C7H11FNO4P/c8-14(11,12)13-9-7(10)6-4-2-1-3-5-6/h4H,1-3,5H2,(H,9,10)(H,11,12). The highest BCUT2D eigenvalue weighted by Gasteiger charge is 2.21. The first-order valence-electron chi connectivity index (χ1n) is 4.19. The number of halogens is 1. The van der Waals surface area contributed by atoms with Gasteiger partial charge in [-0.3, -0.25) is 9.69 Å². The van der Waals surface area contributed by atoms with Gasteiger partial charge in [-0.2, -0.15) is 4.62 Å². The number of carbonyl (C=O) groups is 1. The van der Waals surface area contributed by atoms with Crippen molar-refractivity contribution in [3.63, 3.8) is 0 Å². The van der Waals surface area contributed by atoms with E-state index in [-0.39, 0.29) is 0 Å². The molecule has 0 aromatic rings. The molecule has 0 fully saturated rings. The zero-order valence-corrected chi connectivity index (χ0v) is 8.30. The summed E-state index contributed by atoms with van der Waals surface area (Å²) in [6.45, 7) is 0. The molecular weight excluding hydrogens is 212 g/mol. The number of hydrogen-bond donors (Lipinski definition) is 2. The third-order valence-electron chi connectivity index (χ3n) is 1.83. The van der Waals surface area contributed by atoms with E-state index in [4.69, 9.17) is 4.89 Å². The molecule has 0 heterocycles. The summed E-state index contributed by atoms with van der Waals surface area (Å²) in [4.78, 5) is 19.2. The van der Waals surface area contributed by atoms with Crippen LogP contribution in [0.3, 0.4) is 0 Å². The first kappa shape index (κ1) is 11.4. The van der Waals surface area contributed by atoms with Crippen molar-refractivity contribution in [2.45, 2.75) is 25.7 Å². The Morgan fingerprint density at radius 2 is 2.36 bits per heavy atom. The van der Waals surface area contributed by atoms with Crippen LogP contribution in [0.25, 0.3) is 0 Å². The number of allylic oxidation sites excluding steroid dienone is 1. The van der Waals surface area contributed by atoms with Gasteiger partial charge in [0.1, 0.15) is 0 Å². The van der Waals surface area contributed by atoms with Gasteiger partial charge in [0.15, 0.2) is 0 Å². The lowest BCUT2D eigenvalue weighted by atomic mass is 9.99. The predicted molar refractivity (Wildman–Crippen MR) is 46.7 cm³/mol. The van der Waals surface area contributed by atoms with Gasteiger partial charge >= 0.3 is 7.91 Å². The molecular formula is C7H11FNO4P. The Labute approximate surface area is 80.6 Å². The van der Waals surface area contributed by atoms with Crippen molar-refractivity contribution in [2.75, 3.05) is 0 Å². The number of rotatable bonds is 3. The van der Waals surface area contributed by atoms with E-state index < -0.39 is 13.8 Å². The molecule has 0 radical (unpaired) electrons. The molecule has 1 atom stereocenters. The minimum atomic E-state index is -5.13. The van der Waals surface area contributed by atoms with Gasteiger partial charge in [0.25, 0.3) is 5.91 Å². The SMILES string of the molecule is O=C(NOP(=O)(O)F)C1=CCCCC1. The number of hydroxylamine groups is 1. The van der Waals surface area contributed by atoms with Crippen LogP contribution >= 0.6 is 7.91 Å². The van der Waals surface area contributed by atoms with E-state index in [0.29, 0.717) is 12.0 Å². The first-order valence-corrected chi connectivity index (χ1v) is 5.66. The van der Waals surface area contributed by atoms with E-state index in [0.717, 1.165) is 19.3 Å². The van der Waals surface area contributed by atoms with Crippen LogP contribution in [0.2, 0.25) is 0 Å². The highest BCUT2D eigenvalue weighted by molar-refractivity contribution is 7.46.